The van der Waals surface area contributed by atoms with E-state index in [0.29, 0.717) is 27.7 Å². The molecule has 0 spiro atoms. The third kappa shape index (κ3) is 8.07. The van der Waals surface area contributed by atoms with E-state index in [1.165, 1.54) is 27.9 Å². The number of carbonyl (C=O) groups is 3. The SMILES string of the molecule is CC(C)c1ccc(-c2ccc(-c3cnc(-c4ccc(C[C@H](NC(=O)c5ccc(C(C)(C)C)s5)C(=O)N5CC(C(=O)O)C5)cc4)nc3)c(F)c2)cc1. The van der Waals surface area contributed by atoms with Crippen molar-refractivity contribution in [2.24, 2.45) is 5.92 Å². The number of hydrogen-bond donors (Lipinski definition) is 2. The van der Waals surface area contributed by atoms with Crippen LogP contribution in [0.15, 0.2) is 91.3 Å². The van der Waals surface area contributed by atoms with E-state index < -0.39 is 17.9 Å². The molecule has 3 heterocycles. The molecule has 8 nitrogen and oxygen atoms in total. The number of carboxylic acids is 1. The molecule has 5 aromatic rings. The van der Waals surface area contributed by atoms with Crippen molar-refractivity contribution in [3.8, 4) is 33.6 Å². The number of thiophene rings is 1. The summed E-state index contributed by atoms with van der Waals surface area (Å²) in [5.74, 6) is -1.69. The first kappa shape index (κ1) is 35.6. The molecule has 1 fully saturated rings. The number of aliphatic carboxylic acids is 1. The standard InChI is InChI=1S/C41H41FN4O4S/c1-24(2)26-10-12-27(13-11-26)29-14-15-32(33(42)19-29)30-20-43-37(44-21-30)28-8-6-25(7-9-28)18-34(39(48)46-22-31(23-46)40(49)50)45-38(47)35-16-17-36(51-35)41(3,4)5/h6-17,19-21,24,31,34H,18,22-23H2,1-5H3,(H,45,47)(H,49,50)/t34-/m0/s1. The Kier molecular flexibility index (Phi) is 10.2. The lowest BCUT2D eigenvalue weighted by molar-refractivity contribution is -0.153. The summed E-state index contributed by atoms with van der Waals surface area (Å²) in [5.41, 5.74) is 5.36. The Morgan fingerprint density at radius 3 is 2.08 bits per heavy atom. The second-order valence-electron chi connectivity index (χ2n) is 14.4. The maximum absolute atomic E-state index is 15.3. The molecule has 2 aromatic heterocycles. The zero-order valence-corrected chi connectivity index (χ0v) is 30.1. The average Bonchev–Trinajstić information content (AvgIpc) is 3.60. The van der Waals surface area contributed by atoms with Crippen LogP contribution in [0.4, 0.5) is 4.39 Å². The maximum Gasteiger partial charge on any atom is 0.310 e. The van der Waals surface area contributed by atoms with Crippen molar-refractivity contribution in [2.45, 2.75) is 58.4 Å². The molecule has 3 aromatic carbocycles. The van der Waals surface area contributed by atoms with E-state index in [1.54, 1.807) is 24.5 Å². The van der Waals surface area contributed by atoms with Crippen LogP contribution in [0.1, 0.15) is 66.2 Å². The lowest BCUT2D eigenvalue weighted by Gasteiger charge is -2.38. The van der Waals surface area contributed by atoms with Gasteiger partial charge in [0.2, 0.25) is 5.91 Å². The van der Waals surface area contributed by atoms with Gasteiger partial charge in [0.05, 0.1) is 10.8 Å². The minimum absolute atomic E-state index is 0.111. The summed E-state index contributed by atoms with van der Waals surface area (Å²) < 4.78 is 15.3. The highest BCUT2D eigenvalue weighted by Crippen LogP contribution is 2.31. The van der Waals surface area contributed by atoms with Crippen molar-refractivity contribution in [3.05, 3.63) is 118 Å². The van der Waals surface area contributed by atoms with Gasteiger partial charge in [-0.2, -0.15) is 0 Å². The molecule has 51 heavy (non-hydrogen) atoms. The van der Waals surface area contributed by atoms with Crippen molar-refractivity contribution < 1.29 is 23.9 Å². The fraction of sp³-hybridized carbons (Fsp3) is 0.293. The van der Waals surface area contributed by atoms with Gasteiger partial charge in [-0.25, -0.2) is 14.4 Å². The largest absolute Gasteiger partial charge is 0.481 e. The number of carboxylic acid groups (broad SMARTS) is 1. The first-order valence-electron chi connectivity index (χ1n) is 17.0. The lowest BCUT2D eigenvalue weighted by atomic mass is 9.95. The van der Waals surface area contributed by atoms with Crippen molar-refractivity contribution in [2.75, 3.05) is 13.1 Å². The van der Waals surface area contributed by atoms with Gasteiger partial charge in [0.1, 0.15) is 11.9 Å². The van der Waals surface area contributed by atoms with E-state index >= 15 is 4.39 Å². The van der Waals surface area contributed by atoms with Gasteiger partial charge in [0.15, 0.2) is 5.82 Å². The number of carbonyl (C=O) groups excluding carboxylic acids is 2. The highest BCUT2D eigenvalue weighted by molar-refractivity contribution is 7.14. The fourth-order valence-electron chi connectivity index (χ4n) is 5.96. The first-order valence-corrected chi connectivity index (χ1v) is 17.8. The minimum atomic E-state index is -0.940. The second kappa shape index (κ2) is 14.6. The van der Waals surface area contributed by atoms with Crippen molar-refractivity contribution in [3.63, 3.8) is 0 Å². The Balaban J connectivity index is 1.15. The Bertz CT molecular complexity index is 2050. The Morgan fingerprint density at radius 1 is 0.882 bits per heavy atom. The smallest absolute Gasteiger partial charge is 0.310 e. The summed E-state index contributed by atoms with van der Waals surface area (Å²) >= 11 is 1.39. The van der Waals surface area contributed by atoms with Gasteiger partial charge >= 0.3 is 5.97 Å². The average molecular weight is 705 g/mol. The van der Waals surface area contributed by atoms with Gasteiger partial charge < -0.3 is 15.3 Å². The molecule has 0 saturated carbocycles. The number of likely N-dealkylation sites (tertiary alicyclic amines) is 1. The van der Waals surface area contributed by atoms with Gasteiger partial charge in [0.25, 0.3) is 5.91 Å². The first-order chi connectivity index (χ1) is 24.3. The van der Waals surface area contributed by atoms with Gasteiger partial charge in [-0.1, -0.05) is 95.3 Å². The molecule has 6 rings (SSSR count). The molecular weight excluding hydrogens is 664 g/mol. The summed E-state index contributed by atoms with van der Waals surface area (Å²) in [6, 6.07) is 23.5. The quantitative estimate of drug-likeness (QED) is 0.153. The number of amides is 2. The lowest BCUT2D eigenvalue weighted by Crippen LogP contribution is -2.59. The van der Waals surface area contributed by atoms with Crippen LogP contribution >= 0.6 is 11.3 Å². The molecular formula is C41H41FN4O4S. The number of rotatable bonds is 10. The maximum atomic E-state index is 15.3. The molecule has 262 valence electrons. The van der Waals surface area contributed by atoms with Crippen molar-refractivity contribution >= 4 is 29.1 Å². The number of halogens is 1. The summed E-state index contributed by atoms with van der Waals surface area (Å²) in [6.45, 7) is 10.7. The molecule has 2 amide bonds. The van der Waals surface area contributed by atoms with Crippen LogP contribution in [0, 0.1) is 11.7 Å². The zero-order valence-electron chi connectivity index (χ0n) is 29.3. The van der Waals surface area contributed by atoms with E-state index in [0.717, 1.165) is 27.1 Å². The number of nitrogens with one attached hydrogen (secondary N) is 1. The number of aromatic nitrogens is 2. The van der Waals surface area contributed by atoms with Crippen LogP contribution in [0.2, 0.25) is 0 Å². The molecule has 1 aliphatic rings. The molecule has 10 heteroatoms. The fourth-order valence-corrected chi connectivity index (χ4v) is 6.93. The Morgan fingerprint density at radius 2 is 1.51 bits per heavy atom. The summed E-state index contributed by atoms with van der Waals surface area (Å²) in [5, 5.41) is 12.2. The van der Waals surface area contributed by atoms with Gasteiger partial charge in [-0.3, -0.25) is 14.4 Å². The van der Waals surface area contributed by atoms with Crippen LogP contribution in [0.3, 0.4) is 0 Å². The summed E-state index contributed by atoms with van der Waals surface area (Å²) in [4.78, 5) is 50.2. The van der Waals surface area contributed by atoms with Crippen molar-refractivity contribution in [1.29, 1.82) is 0 Å². The van der Waals surface area contributed by atoms with E-state index in [4.69, 9.17) is 0 Å². The molecule has 0 bridgehead atoms. The van der Waals surface area contributed by atoms with Crippen LogP contribution < -0.4 is 5.32 Å². The molecule has 2 N–H and O–H groups in total. The highest BCUT2D eigenvalue weighted by Gasteiger charge is 2.39. The van der Waals surface area contributed by atoms with Gasteiger partial charge in [-0.15, -0.1) is 11.3 Å². The van der Waals surface area contributed by atoms with Gasteiger partial charge in [0, 0.05) is 53.5 Å². The third-order valence-electron chi connectivity index (χ3n) is 9.21. The predicted octanol–water partition coefficient (Wildman–Crippen LogP) is 7.98. The molecule has 1 saturated heterocycles. The molecule has 1 aliphatic heterocycles. The van der Waals surface area contributed by atoms with Crippen molar-refractivity contribution in [1.82, 2.24) is 20.2 Å². The molecule has 0 radical (unpaired) electrons. The van der Waals surface area contributed by atoms with Gasteiger partial charge in [-0.05, 0) is 51.8 Å². The predicted molar refractivity (Wildman–Crippen MR) is 198 cm³/mol. The monoisotopic (exact) mass is 704 g/mol. The van der Waals surface area contributed by atoms with Crippen LogP contribution in [0.25, 0.3) is 33.6 Å². The van der Waals surface area contributed by atoms with Crippen LogP contribution in [0.5, 0.6) is 0 Å². The number of hydrogen-bond acceptors (Lipinski definition) is 6. The number of nitrogens with zero attached hydrogens (tertiary/aromatic N) is 3. The van der Waals surface area contributed by atoms with E-state index in [1.807, 2.05) is 48.5 Å². The van der Waals surface area contributed by atoms with E-state index in [2.05, 4.69) is 62.0 Å². The van der Waals surface area contributed by atoms with E-state index in [-0.39, 0.29) is 42.6 Å². The second-order valence-corrected chi connectivity index (χ2v) is 15.5. The van der Waals surface area contributed by atoms with E-state index in [9.17, 15) is 19.5 Å². The Labute approximate surface area is 301 Å². The summed E-state index contributed by atoms with van der Waals surface area (Å²) in [6.07, 6.45) is 3.42. The third-order valence-corrected chi connectivity index (χ3v) is 10.7. The summed E-state index contributed by atoms with van der Waals surface area (Å²) in [7, 11) is 0. The topological polar surface area (TPSA) is 112 Å². The number of benzene rings is 3. The molecule has 1 atom stereocenters. The zero-order chi connectivity index (χ0) is 36.4. The highest BCUT2D eigenvalue weighted by atomic mass is 32.1. The molecule has 0 aliphatic carbocycles. The molecule has 0 unspecified atom stereocenters. The minimum Gasteiger partial charge on any atom is -0.481 e. The normalized spacial score (nSPS) is 13.9. The van der Waals surface area contributed by atoms with Crippen LogP contribution in [-0.4, -0.2) is 56.9 Å². The van der Waals surface area contributed by atoms with Crippen LogP contribution in [-0.2, 0) is 21.4 Å². The Hall–Kier alpha value is -5.22.